The highest BCUT2D eigenvalue weighted by Crippen LogP contribution is 2.32. The Morgan fingerprint density at radius 3 is 2.52 bits per heavy atom. The molecule has 3 rings (SSSR count). The zero-order valence-corrected chi connectivity index (χ0v) is 10.8. The fraction of sp³-hybridized carbons (Fsp3) is 0.133. The molecule has 0 bridgehead atoms. The first-order valence-corrected chi connectivity index (χ1v) is 6.32. The zero-order valence-electron chi connectivity index (χ0n) is 10.8. The molecule has 2 aromatic rings. The Kier molecular flexibility index (Phi) is 3.21. The van der Waals surface area contributed by atoms with E-state index in [0.717, 1.165) is 16.5 Å². The fourth-order valence-electron chi connectivity index (χ4n) is 2.35. The highest BCUT2D eigenvalue weighted by Gasteiger charge is 2.38. The van der Waals surface area contributed by atoms with Crippen LogP contribution in [0.5, 0.6) is 0 Å². The van der Waals surface area contributed by atoms with E-state index in [1.165, 1.54) is 0 Å². The van der Waals surface area contributed by atoms with Crippen molar-refractivity contribution >= 4 is 17.4 Å². The van der Waals surface area contributed by atoms with E-state index < -0.39 is 23.3 Å². The van der Waals surface area contributed by atoms with Gasteiger partial charge in [-0.2, -0.15) is 0 Å². The van der Waals surface area contributed by atoms with Crippen LogP contribution in [0.4, 0.5) is 14.5 Å². The van der Waals surface area contributed by atoms with Crippen molar-refractivity contribution in [3.8, 4) is 0 Å². The number of halogens is 2. The minimum absolute atomic E-state index is 0.00319. The summed E-state index contributed by atoms with van der Waals surface area (Å²) in [5, 5.41) is 0. The van der Waals surface area contributed by atoms with Crippen LogP contribution in [-0.2, 0) is 11.2 Å². The largest absolute Gasteiger partial charge is 0.304 e. The van der Waals surface area contributed by atoms with Crippen molar-refractivity contribution < 1.29 is 18.4 Å². The molecule has 106 valence electrons. The summed E-state index contributed by atoms with van der Waals surface area (Å²) in [6.07, 6.45) is 3.68. The van der Waals surface area contributed by atoms with E-state index in [9.17, 15) is 18.4 Å². The van der Waals surface area contributed by atoms with E-state index in [1.807, 2.05) is 0 Å². The molecule has 4 nitrogen and oxygen atoms in total. The van der Waals surface area contributed by atoms with Crippen LogP contribution < -0.4 is 4.90 Å². The van der Waals surface area contributed by atoms with Crippen molar-refractivity contribution in [1.82, 2.24) is 4.98 Å². The Hall–Kier alpha value is -2.63. The van der Waals surface area contributed by atoms with Crippen molar-refractivity contribution in [2.45, 2.75) is 6.42 Å². The van der Waals surface area contributed by atoms with Gasteiger partial charge in [-0.1, -0.05) is 0 Å². The summed E-state index contributed by atoms with van der Waals surface area (Å²) in [5.41, 5.74) is 0.559. The van der Waals surface area contributed by atoms with Gasteiger partial charge >= 0.3 is 0 Å². The number of ketones is 1. The van der Waals surface area contributed by atoms with Gasteiger partial charge in [0.05, 0.1) is 11.3 Å². The lowest BCUT2D eigenvalue weighted by atomic mass is 10.1. The minimum atomic E-state index is -1.00. The number of rotatable bonds is 3. The third-order valence-corrected chi connectivity index (χ3v) is 3.36. The molecule has 0 fully saturated rings. The standard InChI is InChI=1S/C15H10F2N2O2/c16-10-7-11(17)13-12(8-10)19(15(21)14(13)20)6-3-9-1-4-18-5-2-9/h1-2,4-5,7-8H,3,6H2. The number of carbonyl (C=O) groups is 2. The minimum Gasteiger partial charge on any atom is -0.304 e. The molecule has 0 N–H and O–H groups in total. The highest BCUT2D eigenvalue weighted by atomic mass is 19.1. The maximum Gasteiger partial charge on any atom is 0.299 e. The second kappa shape index (κ2) is 5.05. The molecule has 1 amide bonds. The van der Waals surface area contributed by atoms with Gasteiger partial charge in [-0.25, -0.2) is 8.78 Å². The molecule has 6 heteroatoms. The van der Waals surface area contributed by atoms with E-state index in [4.69, 9.17) is 0 Å². The summed E-state index contributed by atoms with van der Waals surface area (Å²) < 4.78 is 27.0. The molecule has 0 saturated heterocycles. The average Bonchev–Trinajstić information content (AvgIpc) is 2.70. The van der Waals surface area contributed by atoms with Crippen LogP contribution in [0.3, 0.4) is 0 Å². The Morgan fingerprint density at radius 2 is 1.81 bits per heavy atom. The third kappa shape index (κ3) is 2.29. The molecule has 1 aromatic carbocycles. The predicted octanol–water partition coefficient (Wildman–Crippen LogP) is 2.13. The molecule has 1 aromatic heterocycles. The number of Topliss-reactive ketones (excluding diaryl/α,β-unsaturated/α-hetero) is 1. The van der Waals surface area contributed by atoms with Crippen molar-refractivity contribution in [3.63, 3.8) is 0 Å². The second-order valence-electron chi connectivity index (χ2n) is 4.67. The summed E-state index contributed by atoms with van der Waals surface area (Å²) in [4.78, 5) is 28.7. The van der Waals surface area contributed by atoms with E-state index in [-0.39, 0.29) is 17.8 Å². The first-order valence-electron chi connectivity index (χ1n) is 6.32. The van der Waals surface area contributed by atoms with Gasteiger partial charge in [0.25, 0.3) is 11.7 Å². The lowest BCUT2D eigenvalue weighted by Crippen LogP contribution is -2.31. The number of pyridine rings is 1. The van der Waals surface area contributed by atoms with Gasteiger partial charge in [0.2, 0.25) is 0 Å². The first kappa shape index (κ1) is 13.4. The van der Waals surface area contributed by atoms with E-state index in [1.54, 1.807) is 24.5 Å². The molecule has 1 aliphatic heterocycles. The maximum atomic E-state index is 13.7. The molecule has 0 atom stereocenters. The number of nitrogens with zero attached hydrogens (tertiary/aromatic N) is 2. The van der Waals surface area contributed by atoms with Gasteiger partial charge < -0.3 is 4.90 Å². The zero-order chi connectivity index (χ0) is 15.0. The average molecular weight is 288 g/mol. The molecule has 21 heavy (non-hydrogen) atoms. The van der Waals surface area contributed by atoms with Crippen molar-refractivity contribution in [2.75, 3.05) is 11.4 Å². The number of fused-ring (bicyclic) bond motifs is 1. The first-order chi connectivity index (χ1) is 10.1. The summed E-state index contributed by atoms with van der Waals surface area (Å²) >= 11 is 0. The van der Waals surface area contributed by atoms with Crippen molar-refractivity contribution in [1.29, 1.82) is 0 Å². The number of carbonyl (C=O) groups excluding carboxylic acids is 2. The van der Waals surface area contributed by atoms with Crippen LogP contribution in [0.1, 0.15) is 15.9 Å². The summed E-state index contributed by atoms with van der Waals surface area (Å²) in [7, 11) is 0. The van der Waals surface area contributed by atoms with Gasteiger partial charge in [-0.05, 0) is 30.2 Å². The lowest BCUT2D eigenvalue weighted by molar-refractivity contribution is -0.114. The molecule has 0 saturated carbocycles. The fourth-order valence-corrected chi connectivity index (χ4v) is 2.35. The lowest BCUT2D eigenvalue weighted by Gasteiger charge is -2.16. The molecule has 0 unspecified atom stereocenters. The van der Waals surface area contributed by atoms with Crippen LogP contribution in [0, 0.1) is 11.6 Å². The predicted molar refractivity (Wildman–Crippen MR) is 71.0 cm³/mol. The number of aromatic nitrogens is 1. The quantitative estimate of drug-likeness (QED) is 0.813. The van der Waals surface area contributed by atoms with Crippen molar-refractivity contribution in [3.05, 3.63) is 59.4 Å². The highest BCUT2D eigenvalue weighted by molar-refractivity contribution is 6.52. The molecule has 2 heterocycles. The van der Waals surface area contributed by atoms with Gasteiger partial charge in [-0.3, -0.25) is 14.6 Å². The number of anilines is 1. The smallest absolute Gasteiger partial charge is 0.299 e. The molecular weight excluding hydrogens is 278 g/mol. The Bertz CT molecular complexity index is 732. The van der Waals surface area contributed by atoms with Crippen LogP contribution in [0.2, 0.25) is 0 Å². The number of hydrogen-bond acceptors (Lipinski definition) is 3. The SMILES string of the molecule is O=C1C(=O)N(CCc2ccncc2)c2cc(F)cc(F)c21. The van der Waals surface area contributed by atoms with E-state index in [2.05, 4.69) is 4.98 Å². The van der Waals surface area contributed by atoms with Gasteiger partial charge in [0.15, 0.2) is 0 Å². The molecular formula is C15H10F2N2O2. The Labute approximate surface area is 119 Å². The summed E-state index contributed by atoms with van der Waals surface area (Å²) in [6.45, 7) is 0.171. The van der Waals surface area contributed by atoms with Crippen LogP contribution >= 0.6 is 0 Å². The number of amides is 1. The van der Waals surface area contributed by atoms with Crippen LogP contribution in [0.15, 0.2) is 36.7 Å². The van der Waals surface area contributed by atoms with E-state index in [0.29, 0.717) is 12.5 Å². The second-order valence-corrected chi connectivity index (χ2v) is 4.67. The normalized spacial score (nSPS) is 13.7. The van der Waals surface area contributed by atoms with Gasteiger partial charge in [0, 0.05) is 25.0 Å². The maximum absolute atomic E-state index is 13.7. The molecule has 0 radical (unpaired) electrons. The van der Waals surface area contributed by atoms with Gasteiger partial charge in [-0.15, -0.1) is 0 Å². The third-order valence-electron chi connectivity index (χ3n) is 3.36. The van der Waals surface area contributed by atoms with Gasteiger partial charge in [0.1, 0.15) is 11.6 Å². The Balaban J connectivity index is 1.91. The molecule has 0 spiro atoms. The van der Waals surface area contributed by atoms with Crippen LogP contribution in [0.25, 0.3) is 0 Å². The van der Waals surface area contributed by atoms with Crippen molar-refractivity contribution in [2.24, 2.45) is 0 Å². The Morgan fingerprint density at radius 1 is 1.10 bits per heavy atom. The summed E-state index contributed by atoms with van der Waals surface area (Å²) in [6, 6.07) is 5.16. The molecule has 1 aliphatic rings. The monoisotopic (exact) mass is 288 g/mol. The summed E-state index contributed by atoms with van der Waals surface area (Å²) in [5.74, 6) is -3.58. The van der Waals surface area contributed by atoms with Crippen LogP contribution in [-0.4, -0.2) is 23.2 Å². The number of hydrogen-bond donors (Lipinski definition) is 0. The van der Waals surface area contributed by atoms with E-state index >= 15 is 0 Å². The molecule has 0 aliphatic carbocycles. The topological polar surface area (TPSA) is 50.3 Å². The number of benzene rings is 1.